The number of aryl methyl sites for hydroxylation is 1. The first-order valence-electron chi connectivity index (χ1n) is 6.02. The molecule has 0 aromatic heterocycles. The molecule has 0 aliphatic heterocycles. The molecule has 0 bridgehead atoms. The van der Waals surface area contributed by atoms with Crippen LogP contribution in [0.3, 0.4) is 0 Å². The van der Waals surface area contributed by atoms with Gasteiger partial charge >= 0.3 is 0 Å². The first kappa shape index (κ1) is 12.0. The van der Waals surface area contributed by atoms with Gasteiger partial charge in [-0.1, -0.05) is 33.6 Å². The van der Waals surface area contributed by atoms with Gasteiger partial charge in [0.25, 0.3) is 0 Å². The fraction of sp³-hybridized carbons (Fsp3) is 0.571. The lowest BCUT2D eigenvalue weighted by Gasteiger charge is -2.29. The normalized spacial score (nSPS) is 17.2. The number of hydrogen-bond donors (Lipinski definition) is 0. The highest BCUT2D eigenvalue weighted by Crippen LogP contribution is 2.37. The lowest BCUT2D eigenvalue weighted by molar-refractivity contribution is 0.608. The van der Waals surface area contributed by atoms with Crippen LogP contribution in [-0.4, -0.2) is 13.1 Å². The van der Waals surface area contributed by atoms with E-state index in [0.717, 1.165) is 11.2 Å². The van der Waals surface area contributed by atoms with Crippen LogP contribution in [0.4, 0.5) is 5.69 Å². The fourth-order valence-corrected chi connectivity index (χ4v) is 2.73. The predicted molar refractivity (Wildman–Crippen MR) is 74.4 cm³/mol. The lowest BCUT2D eigenvalue weighted by atomic mass is 10.1. The molecule has 0 spiro atoms. The maximum Gasteiger partial charge on any atom is 0.0407 e. The zero-order valence-corrected chi connectivity index (χ0v) is 11.9. The molecular formula is C14H20BrN. The second-order valence-corrected chi connectivity index (χ2v) is 5.52. The van der Waals surface area contributed by atoms with E-state index in [1.54, 1.807) is 0 Å². The third-order valence-corrected chi connectivity index (χ3v) is 4.28. The van der Waals surface area contributed by atoms with Crippen molar-refractivity contribution >= 4 is 21.6 Å². The van der Waals surface area contributed by atoms with Gasteiger partial charge in [0.2, 0.25) is 0 Å². The Kier molecular flexibility index (Phi) is 3.58. The average molecular weight is 282 g/mol. The summed E-state index contributed by atoms with van der Waals surface area (Å²) in [5.74, 6) is 0.912. The molecule has 1 aliphatic carbocycles. The Hall–Kier alpha value is -0.500. The Morgan fingerprint density at radius 2 is 2.12 bits per heavy atom. The Bertz CT molecular complexity index is 371. The molecule has 1 nitrogen and oxygen atoms in total. The summed E-state index contributed by atoms with van der Waals surface area (Å²) in [7, 11) is 2.22. The fourth-order valence-electron chi connectivity index (χ4n) is 2.28. The number of halogens is 1. The third-order valence-electron chi connectivity index (χ3n) is 3.67. The van der Waals surface area contributed by atoms with E-state index in [-0.39, 0.29) is 0 Å². The summed E-state index contributed by atoms with van der Waals surface area (Å²) in [6.45, 7) is 4.50. The van der Waals surface area contributed by atoms with Crippen molar-refractivity contribution in [3.8, 4) is 0 Å². The van der Waals surface area contributed by atoms with Crippen LogP contribution in [0, 0.1) is 12.8 Å². The van der Waals surface area contributed by atoms with Gasteiger partial charge in [-0.3, -0.25) is 0 Å². The average Bonchev–Trinajstić information content (AvgIpc) is 3.10. The van der Waals surface area contributed by atoms with Crippen molar-refractivity contribution in [2.75, 3.05) is 11.9 Å². The minimum Gasteiger partial charge on any atom is -0.371 e. The second-order valence-electron chi connectivity index (χ2n) is 4.95. The standard InChI is InChI=1S/C14H20BrN/c1-10-4-7-14(13(8-10)9-15)16(3)11(2)12-5-6-12/h4,7-8,11-12H,5-6,9H2,1-3H3. The van der Waals surface area contributed by atoms with E-state index in [1.807, 2.05) is 0 Å². The lowest BCUT2D eigenvalue weighted by Crippen LogP contribution is -2.31. The summed E-state index contributed by atoms with van der Waals surface area (Å²) < 4.78 is 0. The van der Waals surface area contributed by atoms with Crippen molar-refractivity contribution in [1.82, 2.24) is 0 Å². The van der Waals surface area contributed by atoms with E-state index in [4.69, 9.17) is 0 Å². The van der Waals surface area contributed by atoms with Gasteiger partial charge in [-0.25, -0.2) is 0 Å². The molecule has 1 saturated carbocycles. The Morgan fingerprint density at radius 1 is 1.44 bits per heavy atom. The molecule has 1 atom stereocenters. The third kappa shape index (κ3) is 2.42. The minimum absolute atomic E-state index is 0.667. The predicted octanol–water partition coefficient (Wildman–Crippen LogP) is 4.12. The summed E-state index contributed by atoms with van der Waals surface area (Å²) >= 11 is 3.59. The second kappa shape index (κ2) is 4.79. The van der Waals surface area contributed by atoms with Crippen LogP contribution in [0.5, 0.6) is 0 Å². The smallest absolute Gasteiger partial charge is 0.0407 e. The zero-order chi connectivity index (χ0) is 11.7. The van der Waals surface area contributed by atoms with Gasteiger partial charge in [0.1, 0.15) is 0 Å². The first-order chi connectivity index (χ1) is 7.63. The highest BCUT2D eigenvalue weighted by atomic mass is 79.9. The molecule has 2 rings (SSSR count). The maximum atomic E-state index is 3.59. The molecule has 0 N–H and O–H groups in total. The molecule has 2 heteroatoms. The molecule has 16 heavy (non-hydrogen) atoms. The van der Waals surface area contributed by atoms with Crippen LogP contribution in [0.15, 0.2) is 18.2 Å². The number of benzene rings is 1. The Morgan fingerprint density at radius 3 is 2.69 bits per heavy atom. The van der Waals surface area contributed by atoms with Crippen molar-refractivity contribution < 1.29 is 0 Å². The summed E-state index contributed by atoms with van der Waals surface area (Å²) in [5.41, 5.74) is 4.11. The molecule has 1 fully saturated rings. The molecule has 1 aromatic rings. The van der Waals surface area contributed by atoms with Crippen LogP contribution in [0.25, 0.3) is 0 Å². The van der Waals surface area contributed by atoms with Gasteiger partial charge in [0.05, 0.1) is 0 Å². The molecule has 0 amide bonds. The van der Waals surface area contributed by atoms with Crippen LogP contribution >= 0.6 is 15.9 Å². The molecule has 88 valence electrons. The minimum atomic E-state index is 0.667. The van der Waals surface area contributed by atoms with Crippen LogP contribution in [0.1, 0.15) is 30.9 Å². The van der Waals surface area contributed by atoms with Crippen LogP contribution in [0.2, 0.25) is 0 Å². The molecular weight excluding hydrogens is 262 g/mol. The first-order valence-corrected chi connectivity index (χ1v) is 7.14. The quantitative estimate of drug-likeness (QED) is 0.751. The Labute approximate surface area is 107 Å². The van der Waals surface area contributed by atoms with E-state index < -0.39 is 0 Å². The maximum absolute atomic E-state index is 3.59. The van der Waals surface area contributed by atoms with Crippen LogP contribution in [-0.2, 0) is 5.33 Å². The molecule has 0 saturated heterocycles. The van der Waals surface area contributed by atoms with Crippen molar-refractivity contribution in [3.63, 3.8) is 0 Å². The van der Waals surface area contributed by atoms with E-state index in [9.17, 15) is 0 Å². The SMILES string of the molecule is Cc1ccc(N(C)C(C)C2CC2)c(CBr)c1. The van der Waals surface area contributed by atoms with Gasteiger partial charge in [0.15, 0.2) is 0 Å². The molecule has 1 aliphatic rings. The van der Waals surface area contributed by atoms with Gasteiger partial charge in [-0.05, 0) is 44.2 Å². The largest absolute Gasteiger partial charge is 0.371 e. The monoisotopic (exact) mass is 281 g/mol. The summed E-state index contributed by atoms with van der Waals surface area (Å²) in [5, 5.41) is 0.936. The topological polar surface area (TPSA) is 3.24 Å². The summed E-state index contributed by atoms with van der Waals surface area (Å²) in [6, 6.07) is 7.41. The molecule has 1 aromatic carbocycles. The Balaban J connectivity index is 2.23. The number of anilines is 1. The number of rotatable bonds is 4. The summed E-state index contributed by atoms with van der Waals surface area (Å²) in [6.07, 6.45) is 2.81. The van der Waals surface area contributed by atoms with Gasteiger partial charge in [0, 0.05) is 24.1 Å². The van der Waals surface area contributed by atoms with Crippen molar-refractivity contribution in [2.24, 2.45) is 5.92 Å². The van der Waals surface area contributed by atoms with Crippen molar-refractivity contribution in [1.29, 1.82) is 0 Å². The highest BCUT2D eigenvalue weighted by molar-refractivity contribution is 9.08. The van der Waals surface area contributed by atoms with Crippen molar-refractivity contribution in [2.45, 2.75) is 38.1 Å². The van der Waals surface area contributed by atoms with Gasteiger partial charge in [-0.15, -0.1) is 0 Å². The van der Waals surface area contributed by atoms with E-state index in [1.165, 1.54) is 29.7 Å². The van der Waals surface area contributed by atoms with E-state index in [2.05, 4.69) is 59.9 Å². The van der Waals surface area contributed by atoms with Gasteiger partial charge in [-0.2, -0.15) is 0 Å². The molecule has 0 heterocycles. The van der Waals surface area contributed by atoms with Crippen LogP contribution < -0.4 is 4.90 Å². The number of alkyl halides is 1. The molecule has 1 unspecified atom stereocenters. The zero-order valence-electron chi connectivity index (χ0n) is 10.3. The van der Waals surface area contributed by atoms with Crippen molar-refractivity contribution in [3.05, 3.63) is 29.3 Å². The molecule has 0 radical (unpaired) electrons. The number of nitrogens with zero attached hydrogens (tertiary/aromatic N) is 1. The highest BCUT2D eigenvalue weighted by Gasteiger charge is 2.31. The van der Waals surface area contributed by atoms with E-state index >= 15 is 0 Å². The van der Waals surface area contributed by atoms with Gasteiger partial charge < -0.3 is 4.90 Å². The number of hydrogen-bond acceptors (Lipinski definition) is 1. The summed E-state index contributed by atoms with van der Waals surface area (Å²) in [4.78, 5) is 2.44. The van der Waals surface area contributed by atoms with E-state index in [0.29, 0.717) is 6.04 Å².